The first-order chi connectivity index (χ1) is 15.0. The van der Waals surface area contributed by atoms with Gasteiger partial charge >= 0.3 is 5.97 Å². The van der Waals surface area contributed by atoms with Crippen molar-refractivity contribution in [2.75, 3.05) is 18.1 Å². The number of hydrogen-bond acceptors (Lipinski definition) is 5. The molecule has 0 fully saturated rings. The minimum absolute atomic E-state index is 0.176. The Morgan fingerprint density at radius 2 is 1.50 bits per heavy atom. The fraction of sp³-hybridized carbons (Fsp3) is 0.625. The number of carbonyl (C=O) groups excluding carboxylic acids is 2. The van der Waals surface area contributed by atoms with Gasteiger partial charge in [-0.15, -0.1) is 0 Å². The summed E-state index contributed by atoms with van der Waals surface area (Å²) in [7, 11) is 0. The molecule has 7 nitrogen and oxygen atoms in total. The van der Waals surface area contributed by atoms with Crippen LogP contribution < -0.4 is 10.6 Å². The summed E-state index contributed by atoms with van der Waals surface area (Å²) >= 11 is 1.44. The Morgan fingerprint density at radius 3 is 2.03 bits per heavy atom. The van der Waals surface area contributed by atoms with Gasteiger partial charge in [0.25, 0.3) is 0 Å². The number of hydrogen-bond donors (Lipinski definition) is 4. The Balaban J connectivity index is 4.36. The van der Waals surface area contributed by atoms with E-state index in [1.54, 1.807) is 0 Å². The van der Waals surface area contributed by atoms with E-state index >= 15 is 0 Å². The van der Waals surface area contributed by atoms with Crippen molar-refractivity contribution >= 4 is 29.5 Å². The van der Waals surface area contributed by atoms with Gasteiger partial charge in [0.05, 0.1) is 12.6 Å². The SMILES string of the molecule is CC(=O)NC(CO)CC(=O)N[C@@H](CSC/C=C(\C)CC/C=C(\C)CCC=C(C)C)C(=O)O. The van der Waals surface area contributed by atoms with Crippen molar-refractivity contribution in [3.05, 3.63) is 34.9 Å². The number of thioether (sulfide) groups is 1. The molecule has 0 aliphatic rings. The molecule has 2 atom stereocenters. The molecular weight excluding hydrogens is 428 g/mol. The lowest BCUT2D eigenvalue weighted by Crippen LogP contribution is -2.46. The van der Waals surface area contributed by atoms with Crippen molar-refractivity contribution in [2.45, 2.75) is 78.8 Å². The fourth-order valence-electron chi connectivity index (χ4n) is 2.83. The van der Waals surface area contributed by atoms with E-state index in [0.29, 0.717) is 5.75 Å². The number of amides is 2. The molecule has 1 unspecified atom stereocenters. The molecule has 0 aromatic rings. The number of aliphatic hydroxyl groups excluding tert-OH is 1. The number of nitrogens with one attached hydrogen (secondary N) is 2. The first kappa shape index (κ1) is 29.9. The van der Waals surface area contributed by atoms with E-state index in [0.717, 1.165) is 25.7 Å². The predicted molar refractivity (Wildman–Crippen MR) is 132 cm³/mol. The Hall–Kier alpha value is -2.06. The average Bonchev–Trinajstić information content (AvgIpc) is 2.68. The quantitative estimate of drug-likeness (QED) is 0.203. The topological polar surface area (TPSA) is 116 Å². The molecule has 32 heavy (non-hydrogen) atoms. The van der Waals surface area contributed by atoms with Crippen LogP contribution in [0, 0.1) is 0 Å². The molecule has 0 spiro atoms. The van der Waals surface area contributed by atoms with E-state index in [-0.39, 0.29) is 18.1 Å². The third kappa shape index (κ3) is 16.6. The molecule has 0 bridgehead atoms. The highest BCUT2D eigenvalue weighted by Gasteiger charge is 2.22. The van der Waals surface area contributed by atoms with Gasteiger partial charge < -0.3 is 20.8 Å². The molecule has 0 aromatic heterocycles. The zero-order valence-corrected chi connectivity index (χ0v) is 20.9. The van der Waals surface area contributed by atoms with Crippen LogP contribution in [0.15, 0.2) is 34.9 Å². The molecule has 0 rings (SSSR count). The molecular formula is C24H40N2O5S. The van der Waals surface area contributed by atoms with Crippen molar-refractivity contribution in [1.82, 2.24) is 10.6 Å². The second-order valence-corrected chi connectivity index (χ2v) is 9.31. The number of aliphatic hydroxyl groups is 1. The van der Waals surface area contributed by atoms with Gasteiger partial charge in [0, 0.05) is 24.9 Å². The van der Waals surface area contributed by atoms with E-state index in [1.165, 1.54) is 35.4 Å². The van der Waals surface area contributed by atoms with Crippen molar-refractivity contribution in [3.63, 3.8) is 0 Å². The first-order valence-corrected chi connectivity index (χ1v) is 12.1. The van der Waals surface area contributed by atoms with Gasteiger partial charge in [-0.3, -0.25) is 9.59 Å². The zero-order chi connectivity index (χ0) is 24.5. The summed E-state index contributed by atoms with van der Waals surface area (Å²) in [6, 6.07) is -1.76. The Morgan fingerprint density at radius 1 is 0.906 bits per heavy atom. The van der Waals surface area contributed by atoms with Crippen LogP contribution in [-0.4, -0.2) is 58.2 Å². The highest BCUT2D eigenvalue weighted by molar-refractivity contribution is 7.99. The van der Waals surface area contributed by atoms with Crippen molar-refractivity contribution in [2.24, 2.45) is 0 Å². The van der Waals surface area contributed by atoms with Crippen LogP contribution in [0.3, 0.4) is 0 Å². The van der Waals surface area contributed by atoms with Crippen molar-refractivity contribution in [1.29, 1.82) is 0 Å². The summed E-state index contributed by atoms with van der Waals surface area (Å²) < 4.78 is 0. The van der Waals surface area contributed by atoms with E-state index in [2.05, 4.69) is 56.6 Å². The lowest BCUT2D eigenvalue weighted by atomic mass is 10.1. The summed E-state index contributed by atoms with van der Waals surface area (Å²) in [6.07, 6.45) is 10.6. The lowest BCUT2D eigenvalue weighted by Gasteiger charge is -2.18. The molecule has 0 radical (unpaired) electrons. The molecule has 2 amide bonds. The lowest BCUT2D eigenvalue weighted by molar-refractivity contribution is -0.141. The summed E-state index contributed by atoms with van der Waals surface area (Å²) in [5, 5.41) is 23.5. The minimum atomic E-state index is -1.11. The average molecular weight is 469 g/mol. The Bertz CT molecular complexity index is 697. The van der Waals surface area contributed by atoms with Crippen molar-refractivity contribution < 1.29 is 24.6 Å². The van der Waals surface area contributed by atoms with Crippen LogP contribution in [0.2, 0.25) is 0 Å². The van der Waals surface area contributed by atoms with E-state index in [4.69, 9.17) is 0 Å². The smallest absolute Gasteiger partial charge is 0.327 e. The van der Waals surface area contributed by atoms with Gasteiger partial charge in [-0.2, -0.15) is 11.8 Å². The number of carboxylic acid groups (broad SMARTS) is 1. The molecule has 0 aliphatic carbocycles. The highest BCUT2D eigenvalue weighted by atomic mass is 32.2. The molecule has 4 N–H and O–H groups in total. The monoisotopic (exact) mass is 468 g/mol. The Kier molecular flexibility index (Phi) is 16.4. The summed E-state index contributed by atoms with van der Waals surface area (Å²) in [4.78, 5) is 34.6. The van der Waals surface area contributed by atoms with E-state index in [1.807, 2.05) is 0 Å². The number of aliphatic carboxylic acids is 1. The predicted octanol–water partition coefficient (Wildman–Crippen LogP) is 3.60. The number of allylic oxidation sites excluding steroid dienone is 5. The maximum Gasteiger partial charge on any atom is 0.327 e. The van der Waals surface area contributed by atoms with Crippen LogP contribution in [-0.2, 0) is 14.4 Å². The van der Waals surface area contributed by atoms with Crippen molar-refractivity contribution in [3.8, 4) is 0 Å². The van der Waals surface area contributed by atoms with Crippen LogP contribution >= 0.6 is 11.8 Å². The normalized spacial score (nSPS) is 13.8. The third-order valence-electron chi connectivity index (χ3n) is 4.65. The van der Waals surface area contributed by atoms with Gasteiger partial charge in [-0.25, -0.2) is 4.79 Å². The molecule has 182 valence electrons. The van der Waals surface area contributed by atoms with Gasteiger partial charge in [-0.1, -0.05) is 34.9 Å². The molecule has 0 heterocycles. The second kappa shape index (κ2) is 17.5. The minimum Gasteiger partial charge on any atom is -0.480 e. The Labute approximate surface area is 196 Å². The molecule has 0 saturated carbocycles. The van der Waals surface area contributed by atoms with Crippen LogP contribution in [0.5, 0.6) is 0 Å². The third-order valence-corrected chi connectivity index (χ3v) is 5.62. The van der Waals surface area contributed by atoms with Gasteiger partial charge in [0.2, 0.25) is 11.8 Å². The summed E-state index contributed by atoms with van der Waals surface area (Å²) in [6.45, 7) is 9.34. The summed E-state index contributed by atoms with van der Waals surface area (Å²) in [5.74, 6) is -1.10. The maximum atomic E-state index is 12.1. The van der Waals surface area contributed by atoms with E-state index in [9.17, 15) is 24.6 Å². The largest absolute Gasteiger partial charge is 0.480 e. The van der Waals surface area contributed by atoms with Gasteiger partial charge in [0.15, 0.2) is 0 Å². The second-order valence-electron chi connectivity index (χ2n) is 8.24. The van der Waals surface area contributed by atoms with Crippen LogP contribution in [0.25, 0.3) is 0 Å². The number of rotatable bonds is 16. The zero-order valence-electron chi connectivity index (χ0n) is 20.1. The summed E-state index contributed by atoms with van der Waals surface area (Å²) in [5.41, 5.74) is 3.99. The molecule has 8 heteroatoms. The standard InChI is InChI=1S/C24H40N2O5S/c1-17(2)8-6-9-18(3)10-7-11-19(4)12-13-32-16-22(24(30)31)26-23(29)14-21(15-27)25-20(5)28/h8,10,12,21-22,27H,6-7,9,11,13-16H2,1-5H3,(H,25,28)(H,26,29)(H,30,31)/b18-10+,19-12+/t21?,22-/m0/s1. The highest BCUT2D eigenvalue weighted by Crippen LogP contribution is 2.13. The number of carbonyl (C=O) groups is 3. The molecule has 0 aliphatic heterocycles. The van der Waals surface area contributed by atoms with Crippen LogP contribution in [0.4, 0.5) is 0 Å². The molecule has 0 aromatic carbocycles. The van der Waals surface area contributed by atoms with E-state index < -0.39 is 30.6 Å². The van der Waals surface area contributed by atoms with Gasteiger partial charge in [-0.05, 0) is 53.4 Å². The molecule has 0 saturated heterocycles. The fourth-order valence-corrected chi connectivity index (χ4v) is 3.83. The number of carboxylic acids is 1. The van der Waals surface area contributed by atoms with Gasteiger partial charge in [0.1, 0.15) is 6.04 Å². The van der Waals surface area contributed by atoms with Crippen LogP contribution in [0.1, 0.15) is 66.7 Å². The maximum absolute atomic E-state index is 12.1. The first-order valence-electron chi connectivity index (χ1n) is 11.0.